The predicted octanol–water partition coefficient (Wildman–Crippen LogP) is 2.30. The van der Waals surface area contributed by atoms with Gasteiger partial charge in [0, 0.05) is 24.9 Å². The van der Waals surface area contributed by atoms with Crippen molar-refractivity contribution in [3.05, 3.63) is 54.2 Å². The lowest BCUT2D eigenvalue weighted by molar-refractivity contribution is -0.119. The highest BCUT2D eigenvalue weighted by Crippen LogP contribution is 2.29. The van der Waals surface area contributed by atoms with E-state index < -0.39 is 24.0 Å². The topological polar surface area (TPSA) is 113 Å². The molecule has 2 amide bonds. The molecule has 4 rings (SSSR count). The van der Waals surface area contributed by atoms with Crippen molar-refractivity contribution in [3.63, 3.8) is 0 Å². The maximum absolute atomic E-state index is 14.8. The van der Waals surface area contributed by atoms with Gasteiger partial charge in [0.15, 0.2) is 5.69 Å². The third kappa shape index (κ3) is 3.66. The number of benzene rings is 1. The number of aromatic carboxylic acids is 1. The lowest BCUT2D eigenvalue weighted by Gasteiger charge is -2.14. The van der Waals surface area contributed by atoms with Crippen LogP contribution in [0, 0.1) is 5.82 Å². The Morgan fingerprint density at radius 2 is 2.13 bits per heavy atom. The molecule has 1 fully saturated rings. The van der Waals surface area contributed by atoms with Crippen LogP contribution in [0.2, 0.25) is 0 Å². The molecule has 2 N–H and O–H groups in total. The van der Waals surface area contributed by atoms with E-state index in [1.54, 1.807) is 24.4 Å². The van der Waals surface area contributed by atoms with E-state index >= 15 is 0 Å². The number of carboxylic acid groups (broad SMARTS) is 1. The van der Waals surface area contributed by atoms with Crippen LogP contribution >= 0.6 is 0 Å². The van der Waals surface area contributed by atoms with Gasteiger partial charge in [-0.05, 0) is 35.9 Å². The van der Waals surface area contributed by atoms with Gasteiger partial charge in [-0.25, -0.2) is 19.0 Å². The molecule has 0 bridgehead atoms. The minimum absolute atomic E-state index is 0.107. The van der Waals surface area contributed by atoms with Crippen LogP contribution in [-0.2, 0) is 9.53 Å². The Kier molecular flexibility index (Phi) is 4.82. The second kappa shape index (κ2) is 7.47. The molecule has 1 aliphatic heterocycles. The summed E-state index contributed by atoms with van der Waals surface area (Å²) in [4.78, 5) is 39.5. The molecule has 154 valence electrons. The van der Waals surface area contributed by atoms with Gasteiger partial charge in [0.1, 0.15) is 17.6 Å². The quantitative estimate of drug-likeness (QED) is 0.665. The molecular formula is C20H17FN4O5. The lowest BCUT2D eigenvalue weighted by atomic mass is 10.1. The summed E-state index contributed by atoms with van der Waals surface area (Å²) in [7, 11) is 0. The minimum atomic E-state index is -1.15. The van der Waals surface area contributed by atoms with Gasteiger partial charge in [0.25, 0.3) is 0 Å². The average molecular weight is 412 g/mol. The number of fused-ring (bicyclic) bond motifs is 1. The van der Waals surface area contributed by atoms with Crippen LogP contribution in [0.1, 0.15) is 17.4 Å². The molecule has 0 saturated carbocycles. The van der Waals surface area contributed by atoms with Crippen molar-refractivity contribution >= 4 is 29.3 Å². The Balaban J connectivity index is 1.57. The first-order valence-corrected chi connectivity index (χ1v) is 9.06. The van der Waals surface area contributed by atoms with E-state index in [9.17, 15) is 18.8 Å². The first-order chi connectivity index (χ1) is 14.3. The molecule has 9 nitrogen and oxygen atoms in total. The molecule has 0 aliphatic carbocycles. The molecule has 10 heteroatoms. The highest BCUT2D eigenvalue weighted by atomic mass is 19.1. The summed E-state index contributed by atoms with van der Waals surface area (Å²) in [6, 6.07) is 7.59. The number of imidazole rings is 1. The number of ether oxygens (including phenoxy) is 1. The van der Waals surface area contributed by atoms with Crippen molar-refractivity contribution in [2.45, 2.75) is 13.0 Å². The van der Waals surface area contributed by atoms with Crippen LogP contribution in [0.15, 0.2) is 42.7 Å². The zero-order valence-electron chi connectivity index (χ0n) is 15.8. The van der Waals surface area contributed by atoms with Crippen molar-refractivity contribution in [3.8, 4) is 11.1 Å². The zero-order chi connectivity index (χ0) is 21.4. The summed E-state index contributed by atoms with van der Waals surface area (Å²) in [5.41, 5.74) is 1.40. The molecular weight excluding hydrogens is 395 g/mol. The Morgan fingerprint density at radius 3 is 2.83 bits per heavy atom. The van der Waals surface area contributed by atoms with E-state index in [1.807, 2.05) is 0 Å². The van der Waals surface area contributed by atoms with Gasteiger partial charge < -0.3 is 19.6 Å². The molecule has 0 unspecified atom stereocenters. The van der Waals surface area contributed by atoms with Gasteiger partial charge in [-0.2, -0.15) is 0 Å². The lowest BCUT2D eigenvalue weighted by Crippen LogP contribution is -2.33. The number of amides is 2. The monoisotopic (exact) mass is 412 g/mol. The summed E-state index contributed by atoms with van der Waals surface area (Å²) in [5.74, 6) is -1.94. The smallest absolute Gasteiger partial charge is 0.414 e. The fourth-order valence-electron chi connectivity index (χ4n) is 3.25. The van der Waals surface area contributed by atoms with Crippen LogP contribution in [0.5, 0.6) is 0 Å². The van der Waals surface area contributed by atoms with Crippen LogP contribution in [-0.4, -0.2) is 51.7 Å². The Morgan fingerprint density at radius 1 is 1.33 bits per heavy atom. The molecule has 1 atom stereocenters. The Labute approximate surface area is 169 Å². The second-order valence-electron chi connectivity index (χ2n) is 6.83. The van der Waals surface area contributed by atoms with Gasteiger partial charge in [-0.15, -0.1) is 0 Å². The molecule has 2 aromatic heterocycles. The average Bonchev–Trinajstić information content (AvgIpc) is 3.29. The van der Waals surface area contributed by atoms with Crippen LogP contribution in [0.25, 0.3) is 16.8 Å². The number of carbonyl (C=O) groups is 3. The number of halogens is 1. The zero-order valence-corrected chi connectivity index (χ0v) is 15.8. The van der Waals surface area contributed by atoms with Crippen molar-refractivity contribution in [1.29, 1.82) is 0 Å². The molecule has 3 heterocycles. The van der Waals surface area contributed by atoms with E-state index in [0.717, 1.165) is 0 Å². The predicted molar refractivity (Wildman–Crippen MR) is 104 cm³/mol. The van der Waals surface area contributed by atoms with Crippen molar-refractivity contribution < 1.29 is 28.6 Å². The first-order valence-electron chi connectivity index (χ1n) is 9.06. The van der Waals surface area contributed by atoms with E-state index in [-0.39, 0.29) is 30.3 Å². The maximum atomic E-state index is 14.8. The molecule has 3 aromatic rings. The number of hydrogen-bond donors (Lipinski definition) is 2. The number of carbonyl (C=O) groups excluding carboxylic acids is 2. The number of nitrogens with one attached hydrogen (secondary N) is 1. The number of pyridine rings is 1. The standard InChI is InChI=1S/C20H17FN4O5/c1-11(26)22-8-14-9-25(20(29)30-14)13-2-3-15(16(21)7-13)12-4-5-24-10-17(19(27)28)23-18(24)6-12/h2-7,10,14H,8-9H2,1H3,(H,22,26)(H,27,28)/t14-/m1/s1. The van der Waals surface area contributed by atoms with Crippen LogP contribution < -0.4 is 10.2 Å². The van der Waals surface area contributed by atoms with Gasteiger partial charge >= 0.3 is 12.1 Å². The number of anilines is 1. The van der Waals surface area contributed by atoms with Crippen molar-refractivity contribution in [2.24, 2.45) is 0 Å². The normalized spacial score (nSPS) is 16.0. The first kappa shape index (κ1) is 19.4. The Bertz CT molecular complexity index is 1180. The Hall–Kier alpha value is -3.95. The number of nitrogens with zero attached hydrogens (tertiary/aromatic N) is 3. The number of cyclic esters (lactones) is 1. The highest BCUT2D eigenvalue weighted by molar-refractivity contribution is 5.90. The van der Waals surface area contributed by atoms with Gasteiger partial charge in [0.05, 0.1) is 18.8 Å². The number of aromatic nitrogens is 2. The summed E-state index contributed by atoms with van der Waals surface area (Å²) in [6.45, 7) is 1.74. The van der Waals surface area contributed by atoms with Gasteiger partial charge in [0.2, 0.25) is 5.91 Å². The second-order valence-corrected chi connectivity index (χ2v) is 6.83. The number of carboxylic acids is 1. The molecule has 1 aromatic carbocycles. The SMILES string of the molecule is CC(=O)NC[C@@H]1CN(c2ccc(-c3ccn4cc(C(=O)O)nc4c3)c(F)c2)C(=O)O1. The van der Waals surface area contributed by atoms with Crippen LogP contribution in [0.3, 0.4) is 0 Å². The van der Waals surface area contributed by atoms with E-state index in [4.69, 9.17) is 9.84 Å². The number of hydrogen-bond acceptors (Lipinski definition) is 5. The van der Waals surface area contributed by atoms with E-state index in [1.165, 1.54) is 34.6 Å². The fourth-order valence-corrected chi connectivity index (χ4v) is 3.25. The van der Waals surface area contributed by atoms with Crippen molar-refractivity contribution in [2.75, 3.05) is 18.0 Å². The third-order valence-corrected chi connectivity index (χ3v) is 4.71. The largest absolute Gasteiger partial charge is 0.476 e. The third-order valence-electron chi connectivity index (χ3n) is 4.71. The van der Waals surface area contributed by atoms with Gasteiger partial charge in [-0.1, -0.05) is 0 Å². The van der Waals surface area contributed by atoms with E-state index in [2.05, 4.69) is 10.3 Å². The number of rotatable bonds is 5. The summed E-state index contributed by atoms with van der Waals surface area (Å²) < 4.78 is 21.6. The highest BCUT2D eigenvalue weighted by Gasteiger charge is 2.32. The van der Waals surface area contributed by atoms with Gasteiger partial charge in [-0.3, -0.25) is 9.69 Å². The summed E-state index contributed by atoms with van der Waals surface area (Å²) in [6.07, 6.45) is 1.84. The molecule has 1 saturated heterocycles. The van der Waals surface area contributed by atoms with Crippen molar-refractivity contribution in [1.82, 2.24) is 14.7 Å². The molecule has 1 aliphatic rings. The minimum Gasteiger partial charge on any atom is -0.476 e. The summed E-state index contributed by atoms with van der Waals surface area (Å²) >= 11 is 0. The fraction of sp³-hybridized carbons (Fsp3) is 0.200. The van der Waals surface area contributed by atoms with Crippen LogP contribution in [0.4, 0.5) is 14.9 Å². The maximum Gasteiger partial charge on any atom is 0.414 e. The van der Waals surface area contributed by atoms with E-state index in [0.29, 0.717) is 16.9 Å². The molecule has 0 spiro atoms. The summed E-state index contributed by atoms with van der Waals surface area (Å²) in [5, 5.41) is 11.6. The molecule has 0 radical (unpaired) electrons. The molecule has 30 heavy (non-hydrogen) atoms.